The highest BCUT2D eigenvalue weighted by Crippen LogP contribution is 2.26. The first-order chi connectivity index (χ1) is 13.1. The Bertz CT molecular complexity index is 1220. The molecule has 0 radical (unpaired) electrons. The zero-order valence-corrected chi connectivity index (χ0v) is 15.3. The van der Waals surface area contributed by atoms with Crippen LogP contribution in [0.5, 0.6) is 0 Å². The molecule has 0 saturated heterocycles. The largest absolute Gasteiger partial charge is 0.422 e. The number of nitrogens with zero attached hydrogens (tertiary/aromatic N) is 1. The van der Waals surface area contributed by atoms with Gasteiger partial charge in [0.15, 0.2) is 0 Å². The van der Waals surface area contributed by atoms with Crippen LogP contribution in [0.3, 0.4) is 0 Å². The third-order valence-electron chi connectivity index (χ3n) is 4.66. The SMILES string of the molecule is CC(C)n1c(-c2ccccc2)cc2cc(-c3ccccc3)oc(=O)c2c1=N. The smallest absolute Gasteiger partial charge is 0.347 e. The van der Waals surface area contributed by atoms with Crippen LogP contribution in [-0.4, -0.2) is 4.57 Å². The summed E-state index contributed by atoms with van der Waals surface area (Å²) in [6, 6.07) is 23.3. The second-order valence-electron chi connectivity index (χ2n) is 6.80. The average Bonchev–Trinajstić information content (AvgIpc) is 2.68. The minimum Gasteiger partial charge on any atom is -0.422 e. The van der Waals surface area contributed by atoms with Crippen LogP contribution in [0.15, 0.2) is 82.0 Å². The van der Waals surface area contributed by atoms with Gasteiger partial charge in [-0.1, -0.05) is 60.7 Å². The van der Waals surface area contributed by atoms with Gasteiger partial charge in [-0.15, -0.1) is 0 Å². The lowest BCUT2D eigenvalue weighted by Gasteiger charge is -2.19. The van der Waals surface area contributed by atoms with Gasteiger partial charge in [0, 0.05) is 11.6 Å². The molecule has 0 atom stereocenters. The van der Waals surface area contributed by atoms with Gasteiger partial charge in [-0.05, 0) is 36.9 Å². The van der Waals surface area contributed by atoms with Crippen LogP contribution < -0.4 is 11.1 Å². The molecular weight excluding hydrogens is 336 g/mol. The fraction of sp³-hybridized carbons (Fsp3) is 0.130. The van der Waals surface area contributed by atoms with Crippen molar-refractivity contribution in [3.8, 4) is 22.6 Å². The van der Waals surface area contributed by atoms with Crippen molar-refractivity contribution < 1.29 is 4.42 Å². The van der Waals surface area contributed by atoms with Crippen LogP contribution in [0.1, 0.15) is 19.9 Å². The number of aromatic nitrogens is 1. The maximum Gasteiger partial charge on any atom is 0.347 e. The Labute approximate surface area is 156 Å². The third kappa shape index (κ3) is 2.99. The molecule has 4 nitrogen and oxygen atoms in total. The second-order valence-corrected chi connectivity index (χ2v) is 6.80. The van der Waals surface area contributed by atoms with Gasteiger partial charge in [0.25, 0.3) is 0 Å². The number of nitrogens with one attached hydrogen (secondary N) is 1. The summed E-state index contributed by atoms with van der Waals surface area (Å²) < 4.78 is 7.42. The van der Waals surface area contributed by atoms with E-state index in [1.807, 2.05) is 91.2 Å². The van der Waals surface area contributed by atoms with E-state index < -0.39 is 5.63 Å². The van der Waals surface area contributed by atoms with Gasteiger partial charge in [0.1, 0.15) is 16.6 Å². The summed E-state index contributed by atoms with van der Waals surface area (Å²) in [5.74, 6) is 0.508. The summed E-state index contributed by atoms with van der Waals surface area (Å²) in [5, 5.41) is 9.70. The number of benzene rings is 2. The molecule has 2 aromatic heterocycles. The molecule has 0 aliphatic heterocycles. The van der Waals surface area contributed by atoms with Crippen LogP contribution in [0.4, 0.5) is 0 Å². The Kier molecular flexibility index (Phi) is 4.24. The molecule has 0 aliphatic rings. The standard InChI is InChI=1S/C23H20N2O2/c1-15(2)25-19(16-9-5-3-6-10-16)13-18-14-20(17-11-7-4-8-12-17)27-23(26)21(18)22(25)24/h3-15,24H,1-2H3. The second kappa shape index (κ2) is 6.72. The van der Waals surface area contributed by atoms with Gasteiger partial charge < -0.3 is 8.98 Å². The lowest BCUT2D eigenvalue weighted by atomic mass is 10.0. The maximum atomic E-state index is 12.7. The Hall–Kier alpha value is -3.40. The summed E-state index contributed by atoms with van der Waals surface area (Å²) >= 11 is 0. The van der Waals surface area contributed by atoms with Crippen molar-refractivity contribution >= 4 is 10.8 Å². The first-order valence-corrected chi connectivity index (χ1v) is 8.95. The monoisotopic (exact) mass is 356 g/mol. The highest BCUT2D eigenvalue weighted by Gasteiger charge is 2.16. The van der Waals surface area contributed by atoms with Crippen LogP contribution in [0.2, 0.25) is 0 Å². The molecular formula is C23H20N2O2. The Morgan fingerprint density at radius 1 is 0.889 bits per heavy atom. The molecule has 4 heteroatoms. The summed E-state index contributed by atoms with van der Waals surface area (Å²) in [5.41, 5.74) is 2.45. The van der Waals surface area contributed by atoms with Crippen molar-refractivity contribution in [3.63, 3.8) is 0 Å². The summed E-state index contributed by atoms with van der Waals surface area (Å²) in [4.78, 5) is 12.7. The first kappa shape index (κ1) is 17.0. The molecule has 2 aromatic carbocycles. The van der Waals surface area contributed by atoms with E-state index >= 15 is 0 Å². The average molecular weight is 356 g/mol. The molecule has 0 spiro atoms. The molecule has 4 rings (SSSR count). The van der Waals surface area contributed by atoms with Crippen molar-refractivity contribution in [1.82, 2.24) is 4.57 Å². The molecule has 4 aromatic rings. The summed E-state index contributed by atoms with van der Waals surface area (Å²) in [7, 11) is 0. The molecule has 0 fully saturated rings. The molecule has 0 amide bonds. The van der Waals surface area contributed by atoms with Crippen molar-refractivity contribution in [3.05, 3.63) is 88.7 Å². The van der Waals surface area contributed by atoms with Crippen LogP contribution >= 0.6 is 0 Å². The Morgan fingerprint density at radius 3 is 2.07 bits per heavy atom. The van der Waals surface area contributed by atoms with Gasteiger partial charge in [0.05, 0.1) is 5.69 Å². The topological polar surface area (TPSA) is 59.0 Å². The fourth-order valence-corrected chi connectivity index (χ4v) is 3.43. The van der Waals surface area contributed by atoms with Gasteiger partial charge >= 0.3 is 5.63 Å². The van der Waals surface area contributed by atoms with Crippen LogP contribution in [0.25, 0.3) is 33.4 Å². The van der Waals surface area contributed by atoms with E-state index in [0.29, 0.717) is 16.5 Å². The number of hydrogen-bond donors (Lipinski definition) is 1. The molecule has 1 N–H and O–H groups in total. The Balaban J connectivity index is 2.08. The highest BCUT2D eigenvalue weighted by atomic mass is 16.4. The van der Waals surface area contributed by atoms with E-state index in [1.54, 1.807) is 0 Å². The van der Waals surface area contributed by atoms with Crippen LogP contribution in [-0.2, 0) is 0 Å². The third-order valence-corrected chi connectivity index (χ3v) is 4.66. The molecule has 134 valence electrons. The van der Waals surface area contributed by atoms with Gasteiger partial charge in [-0.25, -0.2) is 4.79 Å². The number of rotatable bonds is 3. The number of pyridine rings is 1. The van der Waals surface area contributed by atoms with E-state index in [-0.39, 0.29) is 11.5 Å². The molecule has 0 bridgehead atoms. The van der Waals surface area contributed by atoms with Crippen LogP contribution in [0, 0.1) is 5.41 Å². The molecule has 0 aliphatic carbocycles. The fourth-order valence-electron chi connectivity index (χ4n) is 3.43. The van der Waals surface area contributed by atoms with E-state index in [2.05, 4.69) is 0 Å². The first-order valence-electron chi connectivity index (χ1n) is 8.95. The zero-order valence-electron chi connectivity index (χ0n) is 15.3. The molecule has 27 heavy (non-hydrogen) atoms. The normalized spacial score (nSPS) is 11.2. The summed E-state index contributed by atoms with van der Waals surface area (Å²) in [6.07, 6.45) is 0. The zero-order chi connectivity index (χ0) is 19.0. The number of fused-ring (bicyclic) bond motifs is 1. The predicted molar refractivity (Wildman–Crippen MR) is 108 cm³/mol. The minimum absolute atomic E-state index is 0.0327. The highest BCUT2D eigenvalue weighted by molar-refractivity contribution is 5.86. The van der Waals surface area contributed by atoms with Gasteiger partial charge in [0.2, 0.25) is 0 Å². The lowest BCUT2D eigenvalue weighted by Crippen LogP contribution is -2.27. The van der Waals surface area contributed by atoms with E-state index in [9.17, 15) is 4.79 Å². The number of hydrogen-bond acceptors (Lipinski definition) is 3. The quantitative estimate of drug-likeness (QED) is 0.562. The van der Waals surface area contributed by atoms with E-state index in [1.165, 1.54) is 0 Å². The molecule has 0 unspecified atom stereocenters. The Morgan fingerprint density at radius 2 is 1.48 bits per heavy atom. The predicted octanol–water partition coefficient (Wildman–Crippen LogP) is 4.99. The van der Waals surface area contributed by atoms with Crippen molar-refractivity contribution in [2.75, 3.05) is 0 Å². The van der Waals surface area contributed by atoms with Gasteiger partial charge in [-0.3, -0.25) is 5.41 Å². The van der Waals surface area contributed by atoms with Crippen molar-refractivity contribution in [2.24, 2.45) is 0 Å². The minimum atomic E-state index is -0.481. The van der Waals surface area contributed by atoms with E-state index in [4.69, 9.17) is 9.83 Å². The van der Waals surface area contributed by atoms with Gasteiger partial charge in [-0.2, -0.15) is 0 Å². The van der Waals surface area contributed by atoms with Crippen molar-refractivity contribution in [1.29, 1.82) is 5.41 Å². The molecule has 2 heterocycles. The lowest BCUT2D eigenvalue weighted by molar-refractivity contribution is 0.529. The van der Waals surface area contributed by atoms with Crippen molar-refractivity contribution in [2.45, 2.75) is 19.9 Å². The maximum absolute atomic E-state index is 12.7. The summed E-state index contributed by atoms with van der Waals surface area (Å²) in [6.45, 7) is 4.02. The van der Waals surface area contributed by atoms with E-state index in [0.717, 1.165) is 16.8 Å². The molecule has 0 saturated carbocycles.